The third kappa shape index (κ3) is 3.32. The monoisotopic (exact) mass is 328 g/mol. The molecule has 1 aliphatic carbocycles. The van der Waals surface area contributed by atoms with Gasteiger partial charge in [0.15, 0.2) is 0 Å². The minimum Gasteiger partial charge on any atom is -0.0839 e. The summed E-state index contributed by atoms with van der Waals surface area (Å²) in [5, 5.41) is 0. The SMILES string of the molecule is BrC(CCc1cccc(C2CCC2)c1)c1ccccc1. The van der Waals surface area contributed by atoms with E-state index in [2.05, 4.69) is 70.5 Å². The van der Waals surface area contributed by atoms with Gasteiger partial charge in [0.25, 0.3) is 0 Å². The zero-order chi connectivity index (χ0) is 13.8. The van der Waals surface area contributed by atoms with Gasteiger partial charge in [-0.1, -0.05) is 76.9 Å². The molecule has 0 N–H and O–H groups in total. The molecular weight excluding hydrogens is 308 g/mol. The number of rotatable bonds is 5. The highest BCUT2D eigenvalue weighted by Gasteiger charge is 2.19. The first-order valence-corrected chi connectivity index (χ1v) is 8.52. The van der Waals surface area contributed by atoms with Crippen LogP contribution in [0.25, 0.3) is 0 Å². The van der Waals surface area contributed by atoms with Crippen molar-refractivity contribution in [1.29, 1.82) is 0 Å². The molecule has 0 aliphatic heterocycles. The van der Waals surface area contributed by atoms with E-state index in [1.54, 1.807) is 5.56 Å². The minimum atomic E-state index is 0.455. The molecule has 1 saturated carbocycles. The summed E-state index contributed by atoms with van der Waals surface area (Å²) in [7, 11) is 0. The smallest absolute Gasteiger partial charge is 0.0398 e. The summed E-state index contributed by atoms with van der Waals surface area (Å²) in [4.78, 5) is 0.455. The molecule has 1 heteroatoms. The molecule has 0 radical (unpaired) electrons. The van der Waals surface area contributed by atoms with Crippen LogP contribution in [0.2, 0.25) is 0 Å². The van der Waals surface area contributed by atoms with Crippen LogP contribution in [-0.2, 0) is 6.42 Å². The van der Waals surface area contributed by atoms with E-state index in [4.69, 9.17) is 0 Å². The van der Waals surface area contributed by atoms with Gasteiger partial charge in [-0.15, -0.1) is 0 Å². The lowest BCUT2D eigenvalue weighted by Crippen LogP contribution is -2.08. The Bertz CT molecular complexity index is 543. The van der Waals surface area contributed by atoms with Gasteiger partial charge >= 0.3 is 0 Å². The first-order valence-electron chi connectivity index (χ1n) is 7.61. The molecule has 2 aromatic rings. The molecule has 20 heavy (non-hydrogen) atoms. The Morgan fingerprint density at radius 1 is 1.00 bits per heavy atom. The van der Waals surface area contributed by atoms with Gasteiger partial charge in [-0.25, -0.2) is 0 Å². The van der Waals surface area contributed by atoms with Crippen molar-refractivity contribution in [2.24, 2.45) is 0 Å². The molecule has 1 unspecified atom stereocenters. The standard InChI is InChI=1S/C19H21Br/c20-19(17-7-2-1-3-8-17)13-12-15-6-4-11-18(14-15)16-9-5-10-16/h1-4,6-8,11,14,16,19H,5,9-10,12-13H2. The van der Waals surface area contributed by atoms with E-state index in [9.17, 15) is 0 Å². The predicted octanol–water partition coefficient (Wildman–Crippen LogP) is 6.02. The first kappa shape index (κ1) is 13.9. The van der Waals surface area contributed by atoms with Crippen LogP contribution in [0.4, 0.5) is 0 Å². The van der Waals surface area contributed by atoms with E-state index in [1.165, 1.54) is 30.4 Å². The van der Waals surface area contributed by atoms with Gasteiger partial charge in [0.1, 0.15) is 0 Å². The van der Waals surface area contributed by atoms with Crippen molar-refractivity contribution in [2.45, 2.75) is 42.8 Å². The third-order valence-electron chi connectivity index (χ3n) is 4.38. The maximum absolute atomic E-state index is 3.82. The number of hydrogen-bond donors (Lipinski definition) is 0. The highest BCUT2D eigenvalue weighted by molar-refractivity contribution is 9.09. The van der Waals surface area contributed by atoms with Crippen LogP contribution in [-0.4, -0.2) is 0 Å². The van der Waals surface area contributed by atoms with Crippen LogP contribution in [0, 0.1) is 0 Å². The van der Waals surface area contributed by atoms with E-state index in [0.717, 1.165) is 18.8 Å². The quantitative estimate of drug-likeness (QED) is 0.588. The second-order valence-corrected chi connectivity index (χ2v) is 6.90. The van der Waals surface area contributed by atoms with E-state index in [-0.39, 0.29) is 0 Å². The highest BCUT2D eigenvalue weighted by Crippen LogP contribution is 2.36. The van der Waals surface area contributed by atoms with Crippen molar-refractivity contribution >= 4 is 15.9 Å². The summed E-state index contributed by atoms with van der Waals surface area (Å²) in [5.74, 6) is 0.837. The fourth-order valence-electron chi connectivity index (χ4n) is 2.87. The van der Waals surface area contributed by atoms with Gasteiger partial charge < -0.3 is 0 Å². The van der Waals surface area contributed by atoms with Crippen molar-refractivity contribution in [3.8, 4) is 0 Å². The Labute approximate surface area is 130 Å². The lowest BCUT2D eigenvalue weighted by atomic mass is 9.79. The van der Waals surface area contributed by atoms with Gasteiger partial charge in [-0.3, -0.25) is 0 Å². The second-order valence-electron chi connectivity index (χ2n) is 5.79. The molecule has 0 nitrogen and oxygen atoms in total. The van der Waals surface area contributed by atoms with Crippen LogP contribution in [0.3, 0.4) is 0 Å². The van der Waals surface area contributed by atoms with Crippen molar-refractivity contribution < 1.29 is 0 Å². The Morgan fingerprint density at radius 2 is 1.80 bits per heavy atom. The summed E-state index contributed by atoms with van der Waals surface area (Å²) < 4.78 is 0. The van der Waals surface area contributed by atoms with Gasteiger partial charge in [0, 0.05) is 4.83 Å². The molecule has 1 fully saturated rings. The third-order valence-corrected chi connectivity index (χ3v) is 5.36. The molecule has 104 valence electrons. The zero-order valence-electron chi connectivity index (χ0n) is 11.8. The maximum atomic E-state index is 3.82. The highest BCUT2D eigenvalue weighted by atomic mass is 79.9. The lowest BCUT2D eigenvalue weighted by Gasteiger charge is -2.26. The lowest BCUT2D eigenvalue weighted by molar-refractivity contribution is 0.419. The van der Waals surface area contributed by atoms with Crippen LogP contribution in [0.1, 0.15) is 53.1 Å². The minimum absolute atomic E-state index is 0.455. The fourth-order valence-corrected chi connectivity index (χ4v) is 3.40. The summed E-state index contributed by atoms with van der Waals surface area (Å²) in [6.45, 7) is 0. The number of aryl methyl sites for hydroxylation is 1. The van der Waals surface area contributed by atoms with Gasteiger partial charge in [0.05, 0.1) is 0 Å². The van der Waals surface area contributed by atoms with Crippen LogP contribution < -0.4 is 0 Å². The van der Waals surface area contributed by atoms with Crippen LogP contribution in [0.15, 0.2) is 54.6 Å². The number of halogens is 1. The number of alkyl halides is 1. The first-order chi connectivity index (χ1) is 9.83. The second kappa shape index (κ2) is 6.58. The van der Waals surface area contributed by atoms with E-state index in [0.29, 0.717) is 4.83 Å². The number of benzene rings is 2. The summed E-state index contributed by atoms with van der Waals surface area (Å²) in [5.41, 5.74) is 4.41. The average molecular weight is 329 g/mol. The predicted molar refractivity (Wildman–Crippen MR) is 89.5 cm³/mol. The van der Waals surface area contributed by atoms with Crippen molar-refractivity contribution in [1.82, 2.24) is 0 Å². The summed E-state index contributed by atoms with van der Waals surface area (Å²) >= 11 is 3.82. The molecule has 2 aromatic carbocycles. The van der Waals surface area contributed by atoms with Gasteiger partial charge in [-0.05, 0) is 48.3 Å². The molecule has 0 aromatic heterocycles. The molecule has 0 saturated heterocycles. The molecule has 0 heterocycles. The molecule has 1 aliphatic rings. The topological polar surface area (TPSA) is 0 Å². The van der Waals surface area contributed by atoms with Gasteiger partial charge in [0.2, 0.25) is 0 Å². The Hall–Kier alpha value is -1.08. The Balaban J connectivity index is 1.60. The fraction of sp³-hybridized carbons (Fsp3) is 0.368. The molecule has 3 rings (SSSR count). The molecule has 0 spiro atoms. The van der Waals surface area contributed by atoms with Crippen LogP contribution >= 0.6 is 15.9 Å². The summed E-state index contributed by atoms with van der Waals surface area (Å²) in [6, 6.07) is 19.9. The Morgan fingerprint density at radius 3 is 2.50 bits per heavy atom. The molecule has 0 amide bonds. The number of hydrogen-bond acceptors (Lipinski definition) is 0. The van der Waals surface area contributed by atoms with Gasteiger partial charge in [-0.2, -0.15) is 0 Å². The maximum Gasteiger partial charge on any atom is 0.0398 e. The molecular formula is C19H21Br. The van der Waals surface area contributed by atoms with E-state index >= 15 is 0 Å². The zero-order valence-corrected chi connectivity index (χ0v) is 13.4. The largest absolute Gasteiger partial charge is 0.0839 e. The normalized spacial score (nSPS) is 16.6. The van der Waals surface area contributed by atoms with E-state index < -0.39 is 0 Å². The average Bonchev–Trinajstić information content (AvgIpc) is 2.44. The van der Waals surface area contributed by atoms with Crippen molar-refractivity contribution in [3.05, 3.63) is 71.3 Å². The van der Waals surface area contributed by atoms with Crippen molar-refractivity contribution in [2.75, 3.05) is 0 Å². The summed E-state index contributed by atoms with van der Waals surface area (Å²) in [6.07, 6.45) is 6.47. The van der Waals surface area contributed by atoms with E-state index in [1.807, 2.05) is 0 Å². The Kier molecular flexibility index (Phi) is 4.57. The van der Waals surface area contributed by atoms with Crippen molar-refractivity contribution in [3.63, 3.8) is 0 Å². The van der Waals surface area contributed by atoms with Crippen LogP contribution in [0.5, 0.6) is 0 Å². The molecule has 1 atom stereocenters. The molecule has 0 bridgehead atoms.